The third-order valence-electron chi connectivity index (χ3n) is 6.90. The molecule has 3 aromatic carbocycles. The molecule has 0 aliphatic heterocycles. The number of thiophene rings is 1. The summed E-state index contributed by atoms with van der Waals surface area (Å²) >= 11 is 1.65. The van der Waals surface area contributed by atoms with Crippen LogP contribution in [0.2, 0.25) is 0 Å². The molecule has 1 atom stereocenters. The summed E-state index contributed by atoms with van der Waals surface area (Å²) in [6.07, 6.45) is 4.06. The van der Waals surface area contributed by atoms with Crippen LogP contribution in [-0.4, -0.2) is 35.2 Å². The van der Waals surface area contributed by atoms with E-state index in [1.807, 2.05) is 30.3 Å². The van der Waals surface area contributed by atoms with E-state index in [0.717, 1.165) is 40.8 Å². The van der Waals surface area contributed by atoms with E-state index >= 15 is 0 Å². The largest absolute Gasteiger partial charge is 0.480 e. The summed E-state index contributed by atoms with van der Waals surface area (Å²) in [5, 5.41) is 18.4. The molecule has 4 rings (SSSR count). The van der Waals surface area contributed by atoms with Gasteiger partial charge in [0.1, 0.15) is 11.8 Å². The van der Waals surface area contributed by atoms with E-state index in [2.05, 4.69) is 29.0 Å². The van der Waals surface area contributed by atoms with E-state index in [1.54, 1.807) is 59.9 Å². The number of para-hydroxylation sites is 1. The highest BCUT2D eigenvalue weighted by molar-refractivity contribution is 7.10. The molecule has 3 N–H and O–H groups in total. The van der Waals surface area contributed by atoms with Gasteiger partial charge in [0.15, 0.2) is 5.78 Å². The highest BCUT2D eigenvalue weighted by Gasteiger charge is 2.21. The number of Topliss-reactive ketones (excluding diaryl/α,β-unsaturated/α-hetero) is 1. The van der Waals surface area contributed by atoms with Crippen molar-refractivity contribution in [1.29, 1.82) is 0 Å². The SMILES string of the molecule is CCCCCC(=O)CNCc1cc(-c2ccc(CC(Nc3ccccc3C(=O)c3ccccc3)C(=O)O)cc2)cs1. The van der Waals surface area contributed by atoms with Crippen LogP contribution in [0.15, 0.2) is 90.3 Å². The zero-order valence-corrected chi connectivity index (χ0v) is 24.1. The molecule has 4 aromatic rings. The number of aliphatic carboxylic acids is 1. The Labute approximate surface area is 245 Å². The molecule has 0 aliphatic rings. The Morgan fingerprint density at radius 2 is 1.61 bits per heavy atom. The van der Waals surface area contributed by atoms with Gasteiger partial charge in [0.25, 0.3) is 0 Å². The van der Waals surface area contributed by atoms with Gasteiger partial charge in [-0.15, -0.1) is 11.3 Å². The van der Waals surface area contributed by atoms with Gasteiger partial charge in [-0.25, -0.2) is 4.79 Å². The molecule has 0 spiro atoms. The molecule has 212 valence electrons. The van der Waals surface area contributed by atoms with E-state index in [0.29, 0.717) is 36.3 Å². The smallest absolute Gasteiger partial charge is 0.326 e. The lowest BCUT2D eigenvalue weighted by Crippen LogP contribution is -2.32. The maximum absolute atomic E-state index is 13.1. The van der Waals surface area contributed by atoms with Crippen molar-refractivity contribution in [2.45, 2.75) is 51.6 Å². The number of carbonyl (C=O) groups is 3. The van der Waals surface area contributed by atoms with Crippen LogP contribution in [0.3, 0.4) is 0 Å². The fourth-order valence-corrected chi connectivity index (χ4v) is 5.48. The van der Waals surface area contributed by atoms with Gasteiger partial charge < -0.3 is 15.7 Å². The summed E-state index contributed by atoms with van der Waals surface area (Å²) in [6, 6.07) is 25.1. The summed E-state index contributed by atoms with van der Waals surface area (Å²) in [4.78, 5) is 38.4. The number of unbranched alkanes of at least 4 members (excludes halogenated alkanes) is 2. The minimum absolute atomic E-state index is 0.161. The van der Waals surface area contributed by atoms with Gasteiger partial charge in [-0.3, -0.25) is 9.59 Å². The number of carboxylic acids is 1. The Kier molecular flexibility index (Phi) is 11.0. The fourth-order valence-electron chi connectivity index (χ4n) is 4.62. The van der Waals surface area contributed by atoms with E-state index in [-0.39, 0.29) is 18.0 Å². The first-order valence-corrected chi connectivity index (χ1v) is 14.9. The second kappa shape index (κ2) is 15.1. The number of rotatable bonds is 16. The van der Waals surface area contributed by atoms with Gasteiger partial charge in [0.05, 0.1) is 6.54 Å². The minimum atomic E-state index is -0.991. The zero-order valence-electron chi connectivity index (χ0n) is 23.3. The topological polar surface area (TPSA) is 95.5 Å². The van der Waals surface area contributed by atoms with E-state index < -0.39 is 12.0 Å². The van der Waals surface area contributed by atoms with Crippen molar-refractivity contribution in [2.24, 2.45) is 0 Å². The number of carboxylic acid groups (broad SMARTS) is 1. The number of carbonyl (C=O) groups excluding carboxylic acids is 2. The molecule has 0 aliphatic carbocycles. The lowest BCUT2D eigenvalue weighted by Gasteiger charge is -2.18. The van der Waals surface area contributed by atoms with Crippen molar-refractivity contribution < 1.29 is 19.5 Å². The van der Waals surface area contributed by atoms with Gasteiger partial charge in [0, 0.05) is 41.1 Å². The van der Waals surface area contributed by atoms with Gasteiger partial charge in [-0.1, -0.05) is 86.5 Å². The van der Waals surface area contributed by atoms with Crippen LogP contribution in [0.5, 0.6) is 0 Å². The zero-order chi connectivity index (χ0) is 29.0. The van der Waals surface area contributed by atoms with Crippen LogP contribution < -0.4 is 10.6 Å². The number of anilines is 1. The molecule has 0 radical (unpaired) electrons. The van der Waals surface area contributed by atoms with Gasteiger partial charge in [0.2, 0.25) is 0 Å². The Balaban J connectivity index is 1.36. The van der Waals surface area contributed by atoms with Crippen LogP contribution in [0, 0.1) is 0 Å². The second-order valence-electron chi connectivity index (χ2n) is 10.1. The molecule has 6 nitrogen and oxygen atoms in total. The maximum atomic E-state index is 13.1. The summed E-state index contributed by atoms with van der Waals surface area (Å²) in [6.45, 7) is 3.19. The van der Waals surface area contributed by atoms with Crippen LogP contribution in [-0.2, 0) is 22.6 Å². The van der Waals surface area contributed by atoms with Crippen molar-refractivity contribution >= 4 is 34.6 Å². The summed E-state index contributed by atoms with van der Waals surface area (Å²) in [5.74, 6) is -0.896. The monoisotopic (exact) mass is 568 g/mol. The van der Waals surface area contributed by atoms with E-state index in [4.69, 9.17) is 0 Å². The third-order valence-corrected chi connectivity index (χ3v) is 7.83. The third kappa shape index (κ3) is 8.71. The molecule has 0 fully saturated rings. The molecule has 0 bridgehead atoms. The van der Waals surface area contributed by atoms with E-state index in [1.165, 1.54) is 0 Å². The molecule has 7 heteroatoms. The van der Waals surface area contributed by atoms with Crippen LogP contribution >= 0.6 is 11.3 Å². The Morgan fingerprint density at radius 3 is 2.34 bits per heavy atom. The Hall–Kier alpha value is -4.07. The number of benzene rings is 3. The van der Waals surface area contributed by atoms with Gasteiger partial charge >= 0.3 is 5.97 Å². The average Bonchev–Trinajstić information content (AvgIpc) is 3.46. The van der Waals surface area contributed by atoms with Crippen molar-refractivity contribution in [3.63, 3.8) is 0 Å². The number of hydrogen-bond donors (Lipinski definition) is 3. The predicted octanol–water partition coefficient (Wildman–Crippen LogP) is 6.99. The minimum Gasteiger partial charge on any atom is -0.480 e. The normalized spacial score (nSPS) is 11.6. The molecule has 1 unspecified atom stereocenters. The average molecular weight is 569 g/mol. The fraction of sp³-hybridized carbons (Fsp3) is 0.265. The number of hydrogen-bond acceptors (Lipinski definition) is 6. The summed E-state index contributed by atoms with van der Waals surface area (Å²) < 4.78 is 0. The first kappa shape index (κ1) is 29.9. The van der Waals surface area contributed by atoms with Crippen LogP contribution in [0.4, 0.5) is 5.69 Å². The first-order valence-electron chi connectivity index (χ1n) is 14.0. The first-order chi connectivity index (χ1) is 19.9. The van der Waals surface area contributed by atoms with Crippen molar-refractivity contribution in [3.8, 4) is 11.1 Å². The Bertz CT molecular complexity index is 1450. The lowest BCUT2D eigenvalue weighted by atomic mass is 9.99. The molecule has 1 aromatic heterocycles. The molecule has 0 saturated heterocycles. The summed E-state index contributed by atoms with van der Waals surface area (Å²) in [5.41, 5.74) is 4.49. The Morgan fingerprint density at radius 1 is 0.878 bits per heavy atom. The molecule has 41 heavy (non-hydrogen) atoms. The second-order valence-corrected chi connectivity index (χ2v) is 11.1. The molecule has 0 saturated carbocycles. The molecule has 0 amide bonds. The molecular weight excluding hydrogens is 532 g/mol. The van der Waals surface area contributed by atoms with E-state index in [9.17, 15) is 19.5 Å². The standard InChI is InChI=1S/C34H36N2O4S/c1-2-3-5-12-28(37)21-35-22-29-20-27(23-41-29)25-17-15-24(16-18-25)19-32(34(39)40)36-31-14-9-8-13-30(31)33(38)26-10-6-4-7-11-26/h4,6-11,13-18,20,23,32,35-36H,2-3,5,12,19,21-22H2,1H3,(H,39,40). The molecule has 1 heterocycles. The highest BCUT2D eigenvalue weighted by atomic mass is 32.1. The highest BCUT2D eigenvalue weighted by Crippen LogP contribution is 2.27. The van der Waals surface area contributed by atoms with Crippen LogP contribution in [0.25, 0.3) is 11.1 Å². The lowest BCUT2D eigenvalue weighted by molar-refractivity contribution is -0.137. The summed E-state index contributed by atoms with van der Waals surface area (Å²) in [7, 11) is 0. The number of ketones is 2. The number of nitrogens with one attached hydrogen (secondary N) is 2. The van der Waals surface area contributed by atoms with Crippen molar-refractivity contribution in [3.05, 3.63) is 112 Å². The quantitative estimate of drug-likeness (QED) is 0.0996. The van der Waals surface area contributed by atoms with Crippen molar-refractivity contribution in [2.75, 3.05) is 11.9 Å². The van der Waals surface area contributed by atoms with Gasteiger partial charge in [-0.05, 0) is 46.7 Å². The maximum Gasteiger partial charge on any atom is 0.326 e. The predicted molar refractivity (Wildman–Crippen MR) is 166 cm³/mol. The van der Waals surface area contributed by atoms with Crippen molar-refractivity contribution in [1.82, 2.24) is 5.32 Å². The van der Waals surface area contributed by atoms with Crippen LogP contribution in [0.1, 0.15) is 59.0 Å². The van der Waals surface area contributed by atoms with Gasteiger partial charge in [-0.2, -0.15) is 0 Å². The molecular formula is C34H36N2O4S.